The van der Waals surface area contributed by atoms with Crippen molar-refractivity contribution in [2.45, 2.75) is 33.1 Å². The summed E-state index contributed by atoms with van der Waals surface area (Å²) < 4.78 is 23.4. The lowest BCUT2D eigenvalue weighted by Gasteiger charge is -2.30. The van der Waals surface area contributed by atoms with E-state index in [0.29, 0.717) is 13.2 Å². The van der Waals surface area contributed by atoms with Gasteiger partial charge in [-0.3, -0.25) is 9.56 Å². The highest BCUT2D eigenvalue weighted by Gasteiger charge is 2.24. The number of nitrogens with zero attached hydrogens (tertiary/aromatic N) is 2. The van der Waals surface area contributed by atoms with Crippen LogP contribution in [0.25, 0.3) is 0 Å². The van der Waals surface area contributed by atoms with Crippen molar-refractivity contribution in [3.8, 4) is 0 Å². The van der Waals surface area contributed by atoms with Gasteiger partial charge < -0.3 is 13.9 Å². The van der Waals surface area contributed by atoms with Gasteiger partial charge >= 0.3 is 7.60 Å². The van der Waals surface area contributed by atoms with Gasteiger partial charge in [0.2, 0.25) is 0 Å². The SMILES string of the molecule is CCOP(=O)(C/N=C(/c1ccccc1)N1CCCCC1)OCC. The summed E-state index contributed by atoms with van der Waals surface area (Å²) in [7, 11) is -3.16. The number of piperidine rings is 1. The van der Waals surface area contributed by atoms with Crippen molar-refractivity contribution in [2.75, 3.05) is 32.6 Å². The number of likely N-dealkylation sites (tertiary alicyclic amines) is 1. The monoisotopic (exact) mass is 338 g/mol. The third-order valence-electron chi connectivity index (χ3n) is 3.73. The normalized spacial score (nSPS) is 16.6. The Morgan fingerprint density at radius 2 is 1.70 bits per heavy atom. The molecule has 0 aliphatic carbocycles. The maximum Gasteiger partial charge on any atom is 0.351 e. The lowest BCUT2D eigenvalue weighted by Crippen LogP contribution is -2.36. The molecule has 5 nitrogen and oxygen atoms in total. The standard InChI is InChI=1S/C17H27N2O3P/c1-3-21-23(20,22-4-2)15-18-17(16-11-7-5-8-12-16)19-13-9-6-10-14-19/h5,7-8,11-12H,3-4,6,9-10,13-15H2,1-2H3/b18-17-. The Bertz CT molecular complexity index is 532. The molecule has 0 saturated carbocycles. The van der Waals surface area contributed by atoms with Gasteiger partial charge in [0.15, 0.2) is 0 Å². The zero-order chi connectivity index (χ0) is 16.5. The molecule has 1 aromatic rings. The second-order valence-electron chi connectivity index (χ2n) is 5.48. The molecule has 0 radical (unpaired) electrons. The van der Waals surface area contributed by atoms with Crippen LogP contribution >= 0.6 is 7.60 Å². The summed E-state index contributed by atoms with van der Waals surface area (Å²) in [6.45, 7) is 6.33. The topological polar surface area (TPSA) is 51.1 Å². The number of benzene rings is 1. The van der Waals surface area contributed by atoms with E-state index in [4.69, 9.17) is 9.05 Å². The van der Waals surface area contributed by atoms with Crippen molar-refractivity contribution in [3.05, 3.63) is 35.9 Å². The van der Waals surface area contributed by atoms with E-state index in [-0.39, 0.29) is 6.29 Å². The first-order valence-electron chi connectivity index (χ1n) is 8.41. The Balaban J connectivity index is 2.23. The molecule has 1 aliphatic heterocycles. The van der Waals surface area contributed by atoms with Gasteiger partial charge in [0, 0.05) is 18.7 Å². The lowest BCUT2D eigenvalue weighted by molar-refractivity contribution is 0.220. The Kier molecular flexibility index (Phi) is 7.28. The number of hydrogen-bond donors (Lipinski definition) is 0. The number of rotatable bonds is 7. The molecule has 0 atom stereocenters. The maximum atomic E-state index is 12.7. The second-order valence-corrected chi connectivity index (χ2v) is 7.50. The van der Waals surface area contributed by atoms with Crippen LogP contribution in [0.15, 0.2) is 35.3 Å². The average Bonchev–Trinajstić information content (AvgIpc) is 2.57. The molecule has 0 aromatic heterocycles. The van der Waals surface area contributed by atoms with Crippen molar-refractivity contribution in [1.82, 2.24) is 4.90 Å². The van der Waals surface area contributed by atoms with E-state index in [1.54, 1.807) is 0 Å². The van der Waals surface area contributed by atoms with Gasteiger partial charge in [0.1, 0.15) is 12.1 Å². The summed E-state index contributed by atoms with van der Waals surface area (Å²) in [6, 6.07) is 10.1. The van der Waals surface area contributed by atoms with Crippen LogP contribution in [0, 0.1) is 0 Å². The summed E-state index contributed by atoms with van der Waals surface area (Å²) >= 11 is 0. The summed E-state index contributed by atoms with van der Waals surface area (Å²) in [6.07, 6.45) is 3.66. The predicted molar refractivity (Wildman–Crippen MR) is 94.1 cm³/mol. The molecule has 1 heterocycles. The van der Waals surface area contributed by atoms with E-state index in [1.165, 1.54) is 19.3 Å². The van der Waals surface area contributed by atoms with Crippen LogP contribution in [0.2, 0.25) is 0 Å². The molecule has 1 aromatic carbocycles. The Morgan fingerprint density at radius 3 is 2.26 bits per heavy atom. The molecule has 0 unspecified atom stereocenters. The minimum Gasteiger partial charge on any atom is -0.356 e. The van der Waals surface area contributed by atoms with Crippen molar-refractivity contribution in [3.63, 3.8) is 0 Å². The van der Waals surface area contributed by atoms with E-state index >= 15 is 0 Å². The van der Waals surface area contributed by atoms with Gasteiger partial charge in [-0.15, -0.1) is 0 Å². The molecule has 0 amide bonds. The van der Waals surface area contributed by atoms with E-state index in [9.17, 15) is 4.57 Å². The molecule has 1 fully saturated rings. The van der Waals surface area contributed by atoms with Crippen LogP contribution in [-0.4, -0.2) is 43.3 Å². The first-order chi connectivity index (χ1) is 11.2. The van der Waals surface area contributed by atoms with E-state index in [2.05, 4.69) is 9.89 Å². The van der Waals surface area contributed by atoms with Gasteiger partial charge in [0.05, 0.1) is 13.2 Å². The highest BCUT2D eigenvalue weighted by atomic mass is 31.2. The molecular formula is C17H27N2O3P. The maximum absolute atomic E-state index is 12.7. The first kappa shape index (κ1) is 18.2. The molecule has 0 N–H and O–H groups in total. The fourth-order valence-electron chi connectivity index (χ4n) is 2.73. The molecule has 1 aliphatic rings. The van der Waals surface area contributed by atoms with Crippen LogP contribution in [0.5, 0.6) is 0 Å². The first-order valence-corrected chi connectivity index (χ1v) is 10.1. The van der Waals surface area contributed by atoms with Gasteiger partial charge in [-0.1, -0.05) is 30.3 Å². The smallest absolute Gasteiger partial charge is 0.351 e. The highest BCUT2D eigenvalue weighted by Crippen LogP contribution is 2.48. The fraction of sp³-hybridized carbons (Fsp3) is 0.588. The largest absolute Gasteiger partial charge is 0.356 e. The number of hydrogen-bond acceptors (Lipinski definition) is 4. The summed E-state index contributed by atoms with van der Waals surface area (Å²) in [4.78, 5) is 6.94. The molecular weight excluding hydrogens is 311 g/mol. The summed E-state index contributed by atoms with van der Waals surface area (Å²) in [5.74, 6) is 0.893. The lowest BCUT2D eigenvalue weighted by atomic mass is 10.1. The minimum atomic E-state index is -3.16. The van der Waals surface area contributed by atoms with Crippen molar-refractivity contribution in [2.24, 2.45) is 4.99 Å². The van der Waals surface area contributed by atoms with Gasteiger partial charge in [0.25, 0.3) is 0 Å². The summed E-state index contributed by atoms with van der Waals surface area (Å²) in [5.41, 5.74) is 1.05. The van der Waals surface area contributed by atoms with Gasteiger partial charge in [-0.05, 0) is 33.1 Å². The Hall–Kier alpha value is -1.16. The van der Waals surface area contributed by atoms with Crippen LogP contribution < -0.4 is 0 Å². The zero-order valence-electron chi connectivity index (χ0n) is 14.1. The average molecular weight is 338 g/mol. The van der Waals surface area contributed by atoms with Crippen LogP contribution in [0.3, 0.4) is 0 Å². The number of aliphatic imine (C=N–C) groups is 1. The molecule has 2 rings (SSSR count). The van der Waals surface area contributed by atoms with Crippen LogP contribution in [-0.2, 0) is 13.6 Å². The predicted octanol–water partition coefficient (Wildman–Crippen LogP) is 4.14. The molecule has 6 heteroatoms. The Morgan fingerprint density at radius 1 is 1.09 bits per heavy atom. The Labute approximate surface area is 139 Å². The number of amidine groups is 1. The van der Waals surface area contributed by atoms with E-state index in [0.717, 1.165) is 24.5 Å². The molecule has 0 bridgehead atoms. The molecule has 128 valence electrons. The molecule has 23 heavy (non-hydrogen) atoms. The van der Waals surface area contributed by atoms with Gasteiger partial charge in [-0.2, -0.15) is 0 Å². The zero-order valence-corrected chi connectivity index (χ0v) is 15.0. The van der Waals surface area contributed by atoms with Gasteiger partial charge in [-0.25, -0.2) is 0 Å². The minimum absolute atomic E-state index is 0.0649. The van der Waals surface area contributed by atoms with Crippen LogP contribution in [0.1, 0.15) is 38.7 Å². The van der Waals surface area contributed by atoms with Crippen molar-refractivity contribution < 1.29 is 13.6 Å². The fourth-order valence-corrected chi connectivity index (χ4v) is 4.06. The van der Waals surface area contributed by atoms with E-state index in [1.807, 2.05) is 44.2 Å². The van der Waals surface area contributed by atoms with Crippen LogP contribution in [0.4, 0.5) is 0 Å². The molecule has 1 saturated heterocycles. The summed E-state index contributed by atoms with van der Waals surface area (Å²) in [5, 5.41) is 0. The highest BCUT2D eigenvalue weighted by molar-refractivity contribution is 7.53. The van der Waals surface area contributed by atoms with E-state index < -0.39 is 7.60 Å². The van der Waals surface area contributed by atoms with Crippen molar-refractivity contribution in [1.29, 1.82) is 0 Å². The third-order valence-corrected chi connectivity index (χ3v) is 5.52. The quantitative estimate of drug-likeness (QED) is 0.426. The molecule has 0 spiro atoms. The second kappa shape index (κ2) is 9.21. The third kappa shape index (κ3) is 5.45. The van der Waals surface area contributed by atoms with Crippen molar-refractivity contribution >= 4 is 13.4 Å².